The van der Waals surface area contributed by atoms with Gasteiger partial charge >= 0.3 is 0 Å². The molecule has 3 aromatic rings. The van der Waals surface area contributed by atoms with Crippen LogP contribution in [0.2, 0.25) is 0 Å². The zero-order valence-electron chi connectivity index (χ0n) is 9.40. The zero-order chi connectivity index (χ0) is 12.5. The average Bonchev–Trinajstić information content (AvgIpc) is 2.39. The molecule has 0 amide bonds. The molecular formula is C15H9BrIN. The third-order valence-corrected chi connectivity index (χ3v) is 4.23. The van der Waals surface area contributed by atoms with Crippen molar-refractivity contribution in [1.82, 2.24) is 4.98 Å². The predicted octanol–water partition coefficient (Wildman–Crippen LogP) is 5.27. The molecule has 0 saturated carbocycles. The van der Waals surface area contributed by atoms with Gasteiger partial charge in [-0.05, 0) is 46.9 Å². The summed E-state index contributed by atoms with van der Waals surface area (Å²) >= 11 is 5.82. The van der Waals surface area contributed by atoms with Crippen molar-refractivity contribution in [1.29, 1.82) is 0 Å². The number of aromatic nitrogens is 1. The number of nitrogens with zero attached hydrogens (tertiary/aromatic N) is 1. The molecule has 0 radical (unpaired) electrons. The molecule has 0 aliphatic heterocycles. The molecule has 0 saturated heterocycles. The Morgan fingerprint density at radius 3 is 2.44 bits per heavy atom. The largest absolute Gasteiger partial charge is 0.248 e. The number of fused-ring (bicyclic) bond motifs is 1. The number of hydrogen-bond donors (Lipinski definition) is 0. The quantitative estimate of drug-likeness (QED) is 0.499. The third-order valence-electron chi connectivity index (χ3n) is 2.81. The summed E-state index contributed by atoms with van der Waals surface area (Å²) < 4.78 is 2.32. The second-order valence-electron chi connectivity index (χ2n) is 4.01. The maximum absolute atomic E-state index is 4.72. The molecule has 0 atom stereocenters. The molecule has 2 aromatic carbocycles. The molecule has 88 valence electrons. The smallest absolute Gasteiger partial charge is 0.0720 e. The van der Waals surface area contributed by atoms with Crippen LogP contribution in [-0.4, -0.2) is 4.98 Å². The summed E-state index contributed by atoms with van der Waals surface area (Å²) in [4.78, 5) is 4.72. The van der Waals surface area contributed by atoms with Gasteiger partial charge in [-0.3, -0.25) is 0 Å². The van der Waals surface area contributed by atoms with Crippen molar-refractivity contribution < 1.29 is 0 Å². The normalized spacial score (nSPS) is 10.8. The van der Waals surface area contributed by atoms with Crippen LogP contribution >= 0.6 is 38.5 Å². The average molecular weight is 410 g/mol. The summed E-state index contributed by atoms with van der Waals surface area (Å²) in [5.41, 5.74) is 3.20. The number of para-hydroxylation sites is 1. The van der Waals surface area contributed by atoms with E-state index in [-0.39, 0.29) is 0 Å². The molecule has 0 fully saturated rings. The van der Waals surface area contributed by atoms with Crippen LogP contribution in [0.4, 0.5) is 0 Å². The Kier molecular flexibility index (Phi) is 3.35. The van der Waals surface area contributed by atoms with Gasteiger partial charge in [0, 0.05) is 19.0 Å². The second-order valence-corrected chi connectivity index (χ2v) is 6.09. The topological polar surface area (TPSA) is 12.9 Å². The monoisotopic (exact) mass is 409 g/mol. The molecule has 1 aromatic heterocycles. The maximum Gasteiger partial charge on any atom is 0.0720 e. The zero-order valence-corrected chi connectivity index (χ0v) is 13.1. The summed E-state index contributed by atoms with van der Waals surface area (Å²) in [7, 11) is 0. The Hall–Kier alpha value is -0.940. The van der Waals surface area contributed by atoms with E-state index in [1.54, 1.807) is 0 Å². The first-order chi connectivity index (χ1) is 8.74. The van der Waals surface area contributed by atoms with Crippen molar-refractivity contribution in [2.24, 2.45) is 0 Å². The van der Waals surface area contributed by atoms with Gasteiger partial charge in [0.2, 0.25) is 0 Å². The Bertz CT molecular complexity index is 707. The van der Waals surface area contributed by atoms with E-state index in [9.17, 15) is 0 Å². The highest BCUT2D eigenvalue weighted by molar-refractivity contribution is 14.1. The van der Waals surface area contributed by atoms with E-state index in [4.69, 9.17) is 4.98 Å². The van der Waals surface area contributed by atoms with E-state index in [1.807, 2.05) is 24.3 Å². The maximum atomic E-state index is 4.72. The van der Waals surface area contributed by atoms with Crippen LogP contribution in [0.1, 0.15) is 0 Å². The summed E-state index contributed by atoms with van der Waals surface area (Å²) in [6.07, 6.45) is 0. The molecule has 0 unspecified atom stereocenters. The van der Waals surface area contributed by atoms with E-state index >= 15 is 0 Å². The van der Waals surface area contributed by atoms with Gasteiger partial charge in [-0.2, -0.15) is 0 Å². The molecule has 3 rings (SSSR count). The molecular weight excluding hydrogens is 401 g/mol. The second kappa shape index (κ2) is 4.97. The van der Waals surface area contributed by atoms with E-state index in [2.05, 4.69) is 68.9 Å². The minimum Gasteiger partial charge on any atom is -0.248 e. The first-order valence-electron chi connectivity index (χ1n) is 5.55. The Morgan fingerprint density at radius 1 is 0.944 bits per heavy atom. The lowest BCUT2D eigenvalue weighted by Gasteiger charge is -2.05. The highest BCUT2D eigenvalue weighted by Gasteiger charge is 2.05. The highest BCUT2D eigenvalue weighted by Crippen LogP contribution is 2.26. The fraction of sp³-hybridized carbons (Fsp3) is 0. The van der Waals surface area contributed by atoms with E-state index < -0.39 is 0 Å². The highest BCUT2D eigenvalue weighted by atomic mass is 127. The Morgan fingerprint density at radius 2 is 1.67 bits per heavy atom. The molecule has 1 nitrogen and oxygen atoms in total. The number of pyridine rings is 1. The predicted molar refractivity (Wildman–Crippen MR) is 87.6 cm³/mol. The van der Waals surface area contributed by atoms with Crippen LogP contribution in [0, 0.1) is 3.57 Å². The van der Waals surface area contributed by atoms with Gasteiger partial charge in [0.05, 0.1) is 11.2 Å². The van der Waals surface area contributed by atoms with Gasteiger partial charge in [0.1, 0.15) is 0 Å². The first-order valence-corrected chi connectivity index (χ1v) is 7.42. The third kappa shape index (κ3) is 2.29. The van der Waals surface area contributed by atoms with Crippen molar-refractivity contribution in [3.63, 3.8) is 0 Å². The van der Waals surface area contributed by atoms with Crippen LogP contribution < -0.4 is 0 Å². The van der Waals surface area contributed by atoms with Gasteiger partial charge in [-0.15, -0.1) is 0 Å². The van der Waals surface area contributed by atoms with Gasteiger partial charge < -0.3 is 0 Å². The summed E-state index contributed by atoms with van der Waals surface area (Å²) in [6, 6.07) is 18.6. The number of halogens is 2. The standard InChI is InChI=1S/C15H9BrIN/c16-11-7-5-10(6-8-11)15-9-13(17)12-3-1-2-4-14(12)18-15/h1-9H. The molecule has 18 heavy (non-hydrogen) atoms. The van der Waals surface area contributed by atoms with E-state index in [0.29, 0.717) is 0 Å². The van der Waals surface area contributed by atoms with Crippen molar-refractivity contribution in [2.45, 2.75) is 0 Å². The lowest BCUT2D eigenvalue weighted by atomic mass is 10.1. The van der Waals surface area contributed by atoms with Crippen molar-refractivity contribution >= 4 is 49.4 Å². The number of hydrogen-bond acceptors (Lipinski definition) is 1. The SMILES string of the molecule is Brc1ccc(-c2cc(I)c3ccccc3n2)cc1. The van der Waals surface area contributed by atoms with Gasteiger partial charge in [0.15, 0.2) is 0 Å². The Labute approximate surface area is 128 Å². The molecule has 0 spiro atoms. The van der Waals surface area contributed by atoms with Crippen LogP contribution in [0.25, 0.3) is 22.2 Å². The van der Waals surface area contributed by atoms with Gasteiger partial charge in [0.25, 0.3) is 0 Å². The number of rotatable bonds is 1. The van der Waals surface area contributed by atoms with Crippen LogP contribution in [0.15, 0.2) is 59.1 Å². The van der Waals surface area contributed by atoms with Crippen LogP contribution in [-0.2, 0) is 0 Å². The Balaban J connectivity index is 2.21. The van der Waals surface area contributed by atoms with Crippen LogP contribution in [0.3, 0.4) is 0 Å². The molecule has 0 aliphatic carbocycles. The number of benzene rings is 2. The molecule has 1 heterocycles. The van der Waals surface area contributed by atoms with Crippen molar-refractivity contribution in [2.75, 3.05) is 0 Å². The lowest BCUT2D eigenvalue weighted by Crippen LogP contribution is -1.88. The fourth-order valence-electron chi connectivity index (χ4n) is 1.90. The molecule has 0 bridgehead atoms. The van der Waals surface area contributed by atoms with Gasteiger partial charge in [-0.1, -0.05) is 46.3 Å². The van der Waals surface area contributed by atoms with Crippen molar-refractivity contribution in [3.05, 3.63) is 62.6 Å². The first kappa shape index (κ1) is 12.1. The minimum absolute atomic E-state index is 1.02. The molecule has 3 heteroatoms. The lowest BCUT2D eigenvalue weighted by molar-refractivity contribution is 1.39. The molecule has 0 aliphatic rings. The summed E-state index contributed by atoms with van der Waals surface area (Å²) in [5.74, 6) is 0. The van der Waals surface area contributed by atoms with E-state index in [0.717, 1.165) is 21.2 Å². The van der Waals surface area contributed by atoms with Gasteiger partial charge in [-0.25, -0.2) is 4.98 Å². The molecule has 0 N–H and O–H groups in total. The van der Waals surface area contributed by atoms with Crippen molar-refractivity contribution in [3.8, 4) is 11.3 Å². The van der Waals surface area contributed by atoms with Crippen LogP contribution in [0.5, 0.6) is 0 Å². The summed E-state index contributed by atoms with van der Waals surface area (Å²) in [6.45, 7) is 0. The summed E-state index contributed by atoms with van der Waals surface area (Å²) in [5, 5.41) is 1.21. The fourth-order valence-corrected chi connectivity index (χ4v) is 2.92. The minimum atomic E-state index is 1.02. The van der Waals surface area contributed by atoms with E-state index in [1.165, 1.54) is 8.96 Å².